The van der Waals surface area contributed by atoms with E-state index in [2.05, 4.69) is 35.5 Å². The molecule has 2 aliphatic rings. The van der Waals surface area contributed by atoms with Gasteiger partial charge in [0.05, 0.1) is 6.10 Å². The Morgan fingerprint density at radius 2 is 2.16 bits per heavy atom. The molecule has 0 aromatic heterocycles. The van der Waals surface area contributed by atoms with E-state index in [9.17, 15) is 5.11 Å². The summed E-state index contributed by atoms with van der Waals surface area (Å²) in [5.41, 5.74) is 4.18. The third kappa shape index (κ3) is 2.77. The van der Waals surface area contributed by atoms with Crippen LogP contribution in [0.1, 0.15) is 36.8 Å². The van der Waals surface area contributed by atoms with E-state index in [4.69, 9.17) is 0 Å². The molecule has 0 amide bonds. The number of rotatable bonds is 3. The van der Waals surface area contributed by atoms with E-state index in [1.165, 1.54) is 29.7 Å². The molecule has 1 heterocycles. The minimum absolute atomic E-state index is 0.158. The summed E-state index contributed by atoms with van der Waals surface area (Å²) in [5.74, 6) is 0. The highest BCUT2D eigenvalue weighted by atomic mass is 16.3. The molecule has 3 heteroatoms. The van der Waals surface area contributed by atoms with Crippen molar-refractivity contribution in [1.29, 1.82) is 0 Å². The van der Waals surface area contributed by atoms with E-state index in [0.29, 0.717) is 0 Å². The maximum absolute atomic E-state index is 9.97. The first-order chi connectivity index (χ1) is 9.24. The van der Waals surface area contributed by atoms with Crippen molar-refractivity contribution in [3.8, 4) is 0 Å². The van der Waals surface area contributed by atoms with E-state index in [1.54, 1.807) is 0 Å². The predicted molar refractivity (Wildman–Crippen MR) is 78.5 cm³/mol. The molecule has 2 N–H and O–H groups in total. The van der Waals surface area contributed by atoms with E-state index < -0.39 is 0 Å². The van der Waals surface area contributed by atoms with Crippen LogP contribution in [-0.4, -0.2) is 30.8 Å². The quantitative estimate of drug-likeness (QED) is 0.873. The molecule has 1 fully saturated rings. The van der Waals surface area contributed by atoms with Crippen molar-refractivity contribution in [2.45, 2.75) is 50.8 Å². The van der Waals surface area contributed by atoms with Gasteiger partial charge in [-0.3, -0.25) is 0 Å². The topological polar surface area (TPSA) is 35.5 Å². The lowest BCUT2D eigenvalue weighted by atomic mass is 9.92. The summed E-state index contributed by atoms with van der Waals surface area (Å²) < 4.78 is 0. The molecule has 1 aromatic rings. The average molecular weight is 260 g/mol. The first-order valence-electron chi connectivity index (χ1n) is 7.48. The van der Waals surface area contributed by atoms with Crippen molar-refractivity contribution in [3.05, 3.63) is 29.3 Å². The predicted octanol–water partition coefficient (Wildman–Crippen LogP) is 2.07. The Morgan fingerprint density at radius 3 is 3.00 bits per heavy atom. The van der Waals surface area contributed by atoms with Gasteiger partial charge in [-0.25, -0.2) is 0 Å². The van der Waals surface area contributed by atoms with Crippen LogP contribution in [0.5, 0.6) is 0 Å². The van der Waals surface area contributed by atoms with E-state index >= 15 is 0 Å². The van der Waals surface area contributed by atoms with Crippen molar-refractivity contribution in [2.24, 2.45) is 0 Å². The molecule has 1 aliphatic heterocycles. The van der Waals surface area contributed by atoms with Crippen LogP contribution < -0.4 is 10.2 Å². The molecule has 0 bridgehead atoms. The average Bonchev–Trinajstić information content (AvgIpc) is 2.79. The molecule has 104 valence electrons. The maximum atomic E-state index is 9.97. The second-order valence-corrected chi connectivity index (χ2v) is 5.97. The second-order valence-electron chi connectivity index (χ2n) is 5.97. The Morgan fingerprint density at radius 1 is 1.32 bits per heavy atom. The lowest BCUT2D eigenvalue weighted by Crippen LogP contribution is -2.41. The van der Waals surface area contributed by atoms with Gasteiger partial charge in [-0.15, -0.1) is 0 Å². The molecule has 0 saturated heterocycles. The fourth-order valence-corrected chi connectivity index (χ4v) is 3.33. The Kier molecular flexibility index (Phi) is 3.76. The van der Waals surface area contributed by atoms with Gasteiger partial charge < -0.3 is 15.3 Å². The molecular weight excluding hydrogens is 236 g/mol. The number of nitrogens with one attached hydrogen (secondary N) is 1. The highest BCUT2D eigenvalue weighted by molar-refractivity contribution is 5.58. The van der Waals surface area contributed by atoms with Gasteiger partial charge in [0.25, 0.3) is 0 Å². The van der Waals surface area contributed by atoms with Gasteiger partial charge >= 0.3 is 0 Å². The first kappa shape index (κ1) is 12.9. The summed E-state index contributed by atoms with van der Waals surface area (Å²) in [6.45, 7) is 2.01. The van der Waals surface area contributed by atoms with Crippen molar-refractivity contribution >= 4 is 5.69 Å². The number of benzene rings is 1. The summed E-state index contributed by atoms with van der Waals surface area (Å²) in [4.78, 5) is 2.32. The zero-order chi connectivity index (χ0) is 13.2. The van der Waals surface area contributed by atoms with Crippen LogP contribution in [0.3, 0.4) is 0 Å². The lowest BCUT2D eigenvalue weighted by molar-refractivity contribution is 0.0902. The summed E-state index contributed by atoms with van der Waals surface area (Å²) in [7, 11) is 2.15. The highest BCUT2D eigenvalue weighted by Gasteiger charge is 2.22. The van der Waals surface area contributed by atoms with E-state index in [0.717, 1.165) is 32.4 Å². The van der Waals surface area contributed by atoms with Gasteiger partial charge in [-0.1, -0.05) is 25.0 Å². The number of fused-ring (bicyclic) bond motifs is 1. The summed E-state index contributed by atoms with van der Waals surface area (Å²) in [6, 6.07) is 7.05. The molecule has 0 spiro atoms. The SMILES string of the molecule is CN1CCc2cc(CN[C@H]3CCCC[C@H]3O)ccc21. The summed E-state index contributed by atoms with van der Waals surface area (Å²) >= 11 is 0. The normalized spacial score (nSPS) is 26.5. The number of hydrogen-bond donors (Lipinski definition) is 2. The van der Waals surface area contributed by atoms with Gasteiger partial charge in [0.15, 0.2) is 0 Å². The minimum Gasteiger partial charge on any atom is -0.392 e. The number of anilines is 1. The van der Waals surface area contributed by atoms with Crippen LogP contribution in [0.4, 0.5) is 5.69 Å². The van der Waals surface area contributed by atoms with Gasteiger partial charge in [0.2, 0.25) is 0 Å². The number of hydrogen-bond acceptors (Lipinski definition) is 3. The molecule has 2 atom stereocenters. The first-order valence-corrected chi connectivity index (χ1v) is 7.48. The van der Waals surface area contributed by atoms with Gasteiger partial charge in [0.1, 0.15) is 0 Å². The van der Waals surface area contributed by atoms with Crippen LogP contribution in [0.15, 0.2) is 18.2 Å². The van der Waals surface area contributed by atoms with Crippen LogP contribution in [-0.2, 0) is 13.0 Å². The van der Waals surface area contributed by atoms with Crippen molar-refractivity contribution < 1.29 is 5.11 Å². The second kappa shape index (κ2) is 5.51. The lowest BCUT2D eigenvalue weighted by Gasteiger charge is -2.28. The molecule has 0 radical (unpaired) electrons. The summed E-state index contributed by atoms with van der Waals surface area (Å²) in [6.07, 6.45) is 5.47. The van der Waals surface area contributed by atoms with Crippen LogP contribution >= 0.6 is 0 Å². The number of aliphatic hydroxyl groups excluding tert-OH is 1. The number of likely N-dealkylation sites (N-methyl/N-ethyl adjacent to an activating group) is 1. The van der Waals surface area contributed by atoms with Gasteiger partial charge in [0, 0.05) is 31.9 Å². The molecule has 19 heavy (non-hydrogen) atoms. The van der Waals surface area contributed by atoms with Crippen molar-refractivity contribution in [3.63, 3.8) is 0 Å². The van der Waals surface area contributed by atoms with Crippen LogP contribution in [0, 0.1) is 0 Å². The van der Waals surface area contributed by atoms with Gasteiger partial charge in [-0.2, -0.15) is 0 Å². The van der Waals surface area contributed by atoms with Crippen molar-refractivity contribution in [1.82, 2.24) is 5.32 Å². The number of aliphatic hydroxyl groups is 1. The fraction of sp³-hybridized carbons (Fsp3) is 0.625. The Labute approximate surface area is 115 Å². The standard InChI is InChI=1S/C16H24N2O/c1-18-9-8-13-10-12(6-7-15(13)18)11-17-14-4-2-3-5-16(14)19/h6-7,10,14,16-17,19H,2-5,8-9,11H2,1H3/t14-,16+/m0/s1. The monoisotopic (exact) mass is 260 g/mol. The maximum Gasteiger partial charge on any atom is 0.0693 e. The third-order valence-electron chi connectivity index (χ3n) is 4.57. The fourth-order valence-electron chi connectivity index (χ4n) is 3.33. The molecule has 1 aromatic carbocycles. The Bertz CT molecular complexity index is 446. The van der Waals surface area contributed by atoms with Crippen LogP contribution in [0.2, 0.25) is 0 Å². The molecule has 3 nitrogen and oxygen atoms in total. The Balaban J connectivity index is 1.61. The number of nitrogens with zero attached hydrogens (tertiary/aromatic N) is 1. The largest absolute Gasteiger partial charge is 0.392 e. The van der Waals surface area contributed by atoms with E-state index in [-0.39, 0.29) is 12.1 Å². The third-order valence-corrected chi connectivity index (χ3v) is 4.57. The van der Waals surface area contributed by atoms with Gasteiger partial charge in [-0.05, 0) is 36.5 Å². The minimum atomic E-state index is -0.158. The molecule has 1 aliphatic carbocycles. The zero-order valence-electron chi connectivity index (χ0n) is 11.7. The Hall–Kier alpha value is -1.06. The molecule has 3 rings (SSSR count). The van der Waals surface area contributed by atoms with E-state index in [1.807, 2.05) is 0 Å². The highest BCUT2D eigenvalue weighted by Crippen LogP contribution is 2.27. The molecular formula is C16H24N2O. The molecule has 0 unspecified atom stereocenters. The zero-order valence-corrected chi connectivity index (χ0v) is 11.7. The summed E-state index contributed by atoms with van der Waals surface area (Å²) in [5, 5.41) is 13.5. The smallest absolute Gasteiger partial charge is 0.0693 e. The molecule has 1 saturated carbocycles. The van der Waals surface area contributed by atoms with Crippen molar-refractivity contribution in [2.75, 3.05) is 18.5 Å². The van der Waals surface area contributed by atoms with Crippen LogP contribution in [0.25, 0.3) is 0 Å².